The highest BCUT2D eigenvalue weighted by Crippen LogP contribution is 2.26. The summed E-state index contributed by atoms with van der Waals surface area (Å²) in [6.07, 6.45) is 2.35. The molecule has 1 aliphatic heterocycles. The number of rotatable bonds is 5. The molecule has 1 fully saturated rings. The van der Waals surface area contributed by atoms with Crippen LogP contribution in [0.3, 0.4) is 0 Å². The van der Waals surface area contributed by atoms with Crippen LogP contribution >= 0.6 is 11.6 Å². The Morgan fingerprint density at radius 3 is 2.65 bits per heavy atom. The number of nitrogens with two attached hydrogens (primary N) is 1. The molecule has 0 saturated carbocycles. The number of hydrogen-bond donors (Lipinski definition) is 2. The van der Waals surface area contributed by atoms with Gasteiger partial charge in [0.25, 0.3) is 0 Å². The molecule has 0 aromatic heterocycles. The van der Waals surface area contributed by atoms with Crippen molar-refractivity contribution < 1.29 is 8.42 Å². The van der Waals surface area contributed by atoms with Crippen LogP contribution in [0.4, 0.5) is 5.69 Å². The highest BCUT2D eigenvalue weighted by atomic mass is 35.5. The summed E-state index contributed by atoms with van der Waals surface area (Å²) >= 11 is 5.95. The van der Waals surface area contributed by atoms with E-state index in [9.17, 15) is 8.42 Å². The molecular weight excluding hydrogens is 298 g/mol. The van der Waals surface area contributed by atoms with Crippen LogP contribution in [0.15, 0.2) is 23.1 Å². The second kappa shape index (κ2) is 6.30. The zero-order chi connectivity index (χ0) is 14.8. The fourth-order valence-corrected chi connectivity index (χ4v) is 4.22. The average Bonchev–Trinajstić information content (AvgIpc) is 2.89. The van der Waals surface area contributed by atoms with Gasteiger partial charge in [-0.1, -0.05) is 17.7 Å². The summed E-state index contributed by atoms with van der Waals surface area (Å²) < 4.78 is 27.2. The van der Waals surface area contributed by atoms with Gasteiger partial charge in [-0.05, 0) is 45.0 Å². The van der Waals surface area contributed by atoms with E-state index >= 15 is 0 Å². The lowest BCUT2D eigenvalue weighted by atomic mass is 10.3. The summed E-state index contributed by atoms with van der Waals surface area (Å²) in [5.41, 5.74) is 5.89. The van der Waals surface area contributed by atoms with E-state index < -0.39 is 10.0 Å². The van der Waals surface area contributed by atoms with Gasteiger partial charge in [-0.3, -0.25) is 4.90 Å². The molecule has 0 radical (unpaired) electrons. The Balaban J connectivity index is 2.07. The van der Waals surface area contributed by atoms with Crippen LogP contribution in [0.5, 0.6) is 0 Å². The zero-order valence-electron chi connectivity index (χ0n) is 11.5. The Morgan fingerprint density at radius 1 is 1.40 bits per heavy atom. The molecule has 0 bridgehead atoms. The van der Waals surface area contributed by atoms with Crippen molar-refractivity contribution in [2.75, 3.05) is 25.4 Å². The summed E-state index contributed by atoms with van der Waals surface area (Å²) in [5, 5.41) is 0.145. The fraction of sp³-hybridized carbons (Fsp3) is 0.538. The number of benzene rings is 1. The zero-order valence-corrected chi connectivity index (χ0v) is 13.0. The third-order valence-corrected chi connectivity index (χ3v) is 5.57. The van der Waals surface area contributed by atoms with E-state index in [-0.39, 0.29) is 21.6 Å². The van der Waals surface area contributed by atoms with Gasteiger partial charge in [-0.25, -0.2) is 13.1 Å². The van der Waals surface area contributed by atoms with Gasteiger partial charge in [0.1, 0.15) is 4.90 Å². The van der Waals surface area contributed by atoms with E-state index in [2.05, 4.69) is 9.62 Å². The van der Waals surface area contributed by atoms with Gasteiger partial charge >= 0.3 is 0 Å². The van der Waals surface area contributed by atoms with Gasteiger partial charge in [-0.15, -0.1) is 0 Å². The van der Waals surface area contributed by atoms with Crippen LogP contribution in [0.25, 0.3) is 0 Å². The standard InChI is InChI=1S/C13H20ClN3O2S/c1-10(17-7-2-3-8-17)9-16-20(18,19)13-11(14)5-4-6-12(13)15/h4-6,10,16H,2-3,7-9,15H2,1H3. The van der Waals surface area contributed by atoms with Crippen LogP contribution in [0, 0.1) is 0 Å². The SMILES string of the molecule is CC(CNS(=O)(=O)c1c(N)cccc1Cl)N1CCCC1. The summed E-state index contributed by atoms with van der Waals surface area (Å²) in [7, 11) is -3.68. The third kappa shape index (κ3) is 3.44. The Bertz CT molecular complexity index is 551. The summed E-state index contributed by atoms with van der Waals surface area (Å²) in [6, 6.07) is 4.85. The number of hydrogen-bond acceptors (Lipinski definition) is 4. The number of halogens is 1. The van der Waals surface area contributed by atoms with Crippen molar-refractivity contribution in [3.8, 4) is 0 Å². The first-order chi connectivity index (χ1) is 9.42. The van der Waals surface area contributed by atoms with Crippen LogP contribution in [0.1, 0.15) is 19.8 Å². The van der Waals surface area contributed by atoms with Gasteiger partial charge in [0.15, 0.2) is 0 Å². The Hall–Kier alpha value is -0.820. The van der Waals surface area contributed by atoms with Crippen LogP contribution in [-0.2, 0) is 10.0 Å². The van der Waals surface area contributed by atoms with E-state index in [1.54, 1.807) is 6.07 Å². The van der Waals surface area contributed by atoms with Crippen molar-refractivity contribution in [3.63, 3.8) is 0 Å². The predicted octanol–water partition coefficient (Wildman–Crippen LogP) is 1.68. The van der Waals surface area contributed by atoms with Crippen LogP contribution in [-0.4, -0.2) is 39.0 Å². The largest absolute Gasteiger partial charge is 0.398 e. The second-order valence-corrected chi connectivity index (χ2v) is 7.21. The third-order valence-electron chi connectivity index (χ3n) is 3.60. The molecule has 2 rings (SSSR count). The predicted molar refractivity (Wildman–Crippen MR) is 81.3 cm³/mol. The molecule has 1 atom stereocenters. The Labute approximate surface area is 125 Å². The molecule has 20 heavy (non-hydrogen) atoms. The maximum absolute atomic E-state index is 12.3. The lowest BCUT2D eigenvalue weighted by Gasteiger charge is -2.24. The van der Waals surface area contributed by atoms with Crippen molar-refractivity contribution in [2.24, 2.45) is 0 Å². The van der Waals surface area contributed by atoms with Gasteiger partial charge in [0.2, 0.25) is 10.0 Å². The topological polar surface area (TPSA) is 75.4 Å². The molecule has 1 unspecified atom stereocenters. The minimum Gasteiger partial charge on any atom is -0.398 e. The Morgan fingerprint density at radius 2 is 2.05 bits per heavy atom. The van der Waals surface area contributed by atoms with Gasteiger partial charge in [0, 0.05) is 12.6 Å². The molecule has 1 heterocycles. The first-order valence-electron chi connectivity index (χ1n) is 6.69. The molecular formula is C13H20ClN3O2S. The van der Waals surface area contributed by atoms with E-state index in [4.69, 9.17) is 17.3 Å². The van der Waals surface area contributed by atoms with E-state index in [1.165, 1.54) is 25.0 Å². The maximum Gasteiger partial charge on any atom is 0.244 e. The summed E-state index contributed by atoms with van der Waals surface area (Å²) in [5.74, 6) is 0. The number of anilines is 1. The van der Waals surface area contributed by atoms with Crippen molar-refractivity contribution in [1.29, 1.82) is 0 Å². The normalized spacial score (nSPS) is 18.3. The molecule has 5 nitrogen and oxygen atoms in total. The second-order valence-electron chi connectivity index (χ2n) is 5.10. The molecule has 0 aliphatic carbocycles. The maximum atomic E-state index is 12.3. The number of nitrogens with zero attached hydrogens (tertiary/aromatic N) is 1. The minimum atomic E-state index is -3.68. The van der Waals surface area contributed by atoms with Gasteiger partial charge in [0.05, 0.1) is 10.7 Å². The summed E-state index contributed by atoms with van der Waals surface area (Å²) in [6.45, 7) is 4.42. The van der Waals surface area contributed by atoms with E-state index in [0.29, 0.717) is 6.54 Å². The Kier molecular flexibility index (Phi) is 4.90. The average molecular weight is 318 g/mol. The smallest absolute Gasteiger partial charge is 0.244 e. The molecule has 0 amide bonds. The number of nitrogens with one attached hydrogen (secondary N) is 1. The molecule has 1 aromatic rings. The molecule has 3 N–H and O–H groups in total. The van der Waals surface area contributed by atoms with E-state index in [1.807, 2.05) is 6.92 Å². The quantitative estimate of drug-likeness (QED) is 0.810. The van der Waals surface area contributed by atoms with Crippen molar-refractivity contribution in [1.82, 2.24) is 9.62 Å². The first kappa shape index (κ1) is 15.6. The highest BCUT2D eigenvalue weighted by molar-refractivity contribution is 7.89. The van der Waals surface area contributed by atoms with Crippen molar-refractivity contribution in [3.05, 3.63) is 23.2 Å². The number of nitrogen functional groups attached to an aromatic ring is 1. The monoisotopic (exact) mass is 317 g/mol. The molecule has 1 aromatic carbocycles. The first-order valence-corrected chi connectivity index (χ1v) is 8.55. The van der Waals surface area contributed by atoms with Crippen molar-refractivity contribution >= 4 is 27.3 Å². The lowest BCUT2D eigenvalue weighted by molar-refractivity contribution is 0.260. The molecule has 1 aliphatic rings. The number of sulfonamides is 1. The summed E-state index contributed by atoms with van der Waals surface area (Å²) in [4.78, 5) is 2.24. The lowest BCUT2D eigenvalue weighted by Crippen LogP contribution is -2.40. The minimum absolute atomic E-state index is 0.0321. The van der Waals surface area contributed by atoms with Gasteiger partial charge < -0.3 is 5.73 Å². The van der Waals surface area contributed by atoms with E-state index in [0.717, 1.165) is 13.1 Å². The van der Waals surface area contributed by atoms with Crippen molar-refractivity contribution in [2.45, 2.75) is 30.7 Å². The highest BCUT2D eigenvalue weighted by Gasteiger charge is 2.24. The fourth-order valence-electron chi connectivity index (χ4n) is 2.42. The molecule has 112 valence electrons. The van der Waals surface area contributed by atoms with Crippen LogP contribution < -0.4 is 10.5 Å². The molecule has 1 saturated heterocycles. The van der Waals surface area contributed by atoms with Crippen LogP contribution in [0.2, 0.25) is 5.02 Å². The number of likely N-dealkylation sites (tertiary alicyclic amines) is 1. The molecule has 0 spiro atoms. The van der Waals surface area contributed by atoms with Gasteiger partial charge in [-0.2, -0.15) is 0 Å². The molecule has 7 heteroatoms.